The molecule has 12 nitrogen and oxygen atoms in total. The van der Waals surface area contributed by atoms with E-state index in [4.69, 9.17) is 43.3 Å². The summed E-state index contributed by atoms with van der Waals surface area (Å²) in [5, 5.41) is 6.88. The molecule has 4 bridgehead atoms. The number of anilines is 1. The molecule has 1 aromatic rings. The van der Waals surface area contributed by atoms with Crippen molar-refractivity contribution < 1.29 is 56.9 Å². The van der Waals surface area contributed by atoms with Crippen LogP contribution in [0.3, 0.4) is 0 Å². The third kappa shape index (κ3) is 5.71. The van der Waals surface area contributed by atoms with Crippen molar-refractivity contribution in [3.8, 4) is 0 Å². The smallest absolute Gasteiger partial charge is 0.345 e. The summed E-state index contributed by atoms with van der Waals surface area (Å²) in [4.78, 5) is 43.5. The quantitative estimate of drug-likeness (QED) is 0.138. The first-order chi connectivity index (χ1) is 25.2. The van der Waals surface area contributed by atoms with E-state index < -0.39 is 65.3 Å². The number of nitrogens with one attached hydrogen (secondary N) is 1. The molecule has 2 saturated carbocycles. The Balaban J connectivity index is 1.05. The molecule has 0 aromatic heterocycles. The van der Waals surface area contributed by atoms with Gasteiger partial charge in [0.15, 0.2) is 23.8 Å². The van der Waals surface area contributed by atoms with Crippen molar-refractivity contribution in [3.63, 3.8) is 0 Å². The third-order valence-corrected chi connectivity index (χ3v) is 14.5. The Bertz CT molecular complexity index is 1630. The van der Waals surface area contributed by atoms with Crippen LogP contribution in [0.25, 0.3) is 0 Å². The first-order valence-corrected chi connectivity index (χ1v) is 19.6. The lowest BCUT2D eigenvalue weighted by atomic mass is 9.56. The Kier molecular flexibility index (Phi) is 8.83. The van der Waals surface area contributed by atoms with E-state index in [0.29, 0.717) is 30.4 Å². The van der Waals surface area contributed by atoms with Crippen LogP contribution in [0.4, 0.5) is 19.3 Å². The molecule has 292 valence electrons. The van der Waals surface area contributed by atoms with Gasteiger partial charge in [-0.05, 0) is 100 Å². The number of halogens is 2. The molecule has 1 aromatic carbocycles. The summed E-state index contributed by atoms with van der Waals surface area (Å²) in [6, 6.07) is 2.72. The van der Waals surface area contributed by atoms with Gasteiger partial charge >= 0.3 is 6.09 Å². The predicted octanol–water partition coefficient (Wildman–Crippen LogP) is 7.76. The van der Waals surface area contributed by atoms with E-state index in [1.54, 1.807) is 0 Å². The molecule has 2 spiro atoms. The molecule has 14 heteroatoms. The fraction of sp³-hybridized carbons (Fsp3) is 0.795. The molecule has 16 atom stereocenters. The second kappa shape index (κ2) is 12.9. The fourth-order valence-electron chi connectivity index (χ4n) is 11.8. The number of carbonyl (C=O) groups excluding carboxylic acids is 1. The number of rotatable bonds is 5. The molecule has 53 heavy (non-hydrogen) atoms. The fourth-order valence-corrected chi connectivity index (χ4v) is 11.8. The topological polar surface area (TPSA) is 125 Å². The summed E-state index contributed by atoms with van der Waals surface area (Å²) >= 11 is 0. The standard InChI is InChI=1S/C39H52F2N2O10/c1-19-7-9-28-21(3)31(45-33-38(28)26(19)11-13-36(5,47-33)50-52-38)18-30(43-49-35(44)42-25-16-23(40)15-24(41)17-25)32-22(4)29-10-8-20(2)27-12-14-37(6)48-34(46-32)39(27,29)53-51-37/h15-17,19-22,26-29,31-34H,7-14,18H2,1-6H3,(H,42,44)/b43-30-/t19-,20-,21-,22-,26+,27+,28+,29+,31-,32+,33-,34-,36+,37+,38-,39-/m1/s1. The lowest BCUT2D eigenvalue weighted by Crippen LogP contribution is -2.71. The second-order valence-corrected chi connectivity index (χ2v) is 17.7. The van der Waals surface area contributed by atoms with Gasteiger partial charge in [0.25, 0.3) is 0 Å². The van der Waals surface area contributed by atoms with Crippen LogP contribution in [0.5, 0.6) is 0 Å². The average Bonchev–Trinajstić information content (AvgIpc) is 3.48. The summed E-state index contributed by atoms with van der Waals surface area (Å²) < 4.78 is 55.1. The highest BCUT2D eigenvalue weighted by Gasteiger charge is 2.71. The largest absolute Gasteiger partial charge is 0.437 e. The minimum atomic E-state index is -1.00. The van der Waals surface area contributed by atoms with Crippen molar-refractivity contribution >= 4 is 17.5 Å². The van der Waals surface area contributed by atoms with Gasteiger partial charge in [-0.3, -0.25) is 10.2 Å². The summed E-state index contributed by atoms with van der Waals surface area (Å²) in [5.41, 5.74) is -1.19. The highest BCUT2D eigenvalue weighted by Crippen LogP contribution is 2.63. The lowest BCUT2D eigenvalue weighted by molar-refractivity contribution is -0.571. The van der Waals surface area contributed by atoms with E-state index >= 15 is 0 Å². The molecule has 1 amide bonds. The van der Waals surface area contributed by atoms with E-state index in [9.17, 15) is 13.6 Å². The number of hydrogen-bond donors (Lipinski definition) is 1. The normalized spacial score (nSPS) is 50.0. The van der Waals surface area contributed by atoms with Crippen molar-refractivity contribution in [2.24, 2.45) is 52.5 Å². The van der Waals surface area contributed by atoms with Crippen LogP contribution in [-0.2, 0) is 43.3 Å². The van der Waals surface area contributed by atoms with E-state index in [-0.39, 0.29) is 47.6 Å². The molecule has 10 aliphatic rings. The molecule has 1 N–H and O–H groups in total. The second-order valence-electron chi connectivity index (χ2n) is 17.7. The van der Waals surface area contributed by atoms with Gasteiger partial charge < -0.3 is 18.9 Å². The van der Waals surface area contributed by atoms with Gasteiger partial charge in [0.05, 0.1) is 11.8 Å². The van der Waals surface area contributed by atoms with Crippen LogP contribution in [0.15, 0.2) is 23.4 Å². The van der Waals surface area contributed by atoms with E-state index in [2.05, 4.69) is 38.2 Å². The molecule has 10 fully saturated rings. The van der Waals surface area contributed by atoms with Gasteiger partial charge in [-0.1, -0.05) is 32.9 Å². The minimum Gasteiger partial charge on any atom is -0.345 e. The minimum absolute atomic E-state index is 0.00984. The van der Waals surface area contributed by atoms with Crippen LogP contribution in [0.1, 0.15) is 99.3 Å². The monoisotopic (exact) mass is 746 g/mol. The maximum atomic E-state index is 13.9. The summed E-state index contributed by atoms with van der Waals surface area (Å²) in [6.07, 6.45) is 3.79. The van der Waals surface area contributed by atoms with E-state index in [1.165, 1.54) is 0 Å². The SMILES string of the molecule is C[C@H]1[C@@H](/C(C[C@H]2O[C@@H]3O[C@]4(C)CC[C@H]5[C@H](C)CC[C@@H]([C@H]2C)[C@@]35OO4)=N\OC(=O)Nc2cc(F)cc(F)c2)O[C@@H]2O[C@]3(C)CC[C@H]4[C@H](C)CC[C@@H]1[C@@]24OO3. The molecule has 0 unspecified atom stereocenters. The first-order valence-electron chi connectivity index (χ1n) is 19.6. The molecule has 2 aliphatic carbocycles. The number of fused-ring (bicyclic) bond motifs is 4. The zero-order chi connectivity index (χ0) is 37.1. The van der Waals surface area contributed by atoms with Gasteiger partial charge in [-0.2, -0.15) is 0 Å². The lowest BCUT2D eigenvalue weighted by Gasteiger charge is -2.61. The van der Waals surface area contributed by atoms with Crippen molar-refractivity contribution in [2.75, 3.05) is 5.32 Å². The number of benzene rings is 1. The van der Waals surface area contributed by atoms with Gasteiger partial charge in [0.1, 0.15) is 17.7 Å². The van der Waals surface area contributed by atoms with Crippen LogP contribution in [0.2, 0.25) is 0 Å². The maximum Gasteiger partial charge on any atom is 0.437 e. The third-order valence-electron chi connectivity index (χ3n) is 14.5. The molecular formula is C39H52F2N2O10. The van der Waals surface area contributed by atoms with E-state index in [1.807, 2.05) is 13.8 Å². The zero-order valence-corrected chi connectivity index (χ0v) is 31.3. The highest BCUT2D eigenvalue weighted by atomic mass is 19.1. The molecule has 8 heterocycles. The molecule has 8 saturated heterocycles. The average molecular weight is 747 g/mol. The Labute approximate surface area is 308 Å². The number of carbonyl (C=O) groups is 1. The Morgan fingerprint density at radius 2 is 1.30 bits per heavy atom. The first kappa shape index (κ1) is 36.3. The van der Waals surface area contributed by atoms with Gasteiger partial charge in [-0.15, -0.1) is 0 Å². The molecule has 11 rings (SSSR count). The molecule has 0 radical (unpaired) electrons. The van der Waals surface area contributed by atoms with E-state index in [0.717, 1.165) is 56.7 Å². The molecular weight excluding hydrogens is 694 g/mol. The van der Waals surface area contributed by atoms with Crippen molar-refractivity contribution in [2.45, 2.75) is 147 Å². The highest BCUT2D eigenvalue weighted by molar-refractivity contribution is 5.91. The number of amides is 1. The number of hydrogen-bond acceptors (Lipinski definition) is 11. The van der Waals surface area contributed by atoms with Crippen molar-refractivity contribution in [3.05, 3.63) is 29.8 Å². The number of nitrogens with zero attached hydrogens (tertiary/aromatic N) is 1. The Hall–Kier alpha value is -2.30. The van der Waals surface area contributed by atoms with Crippen LogP contribution in [-0.4, -0.2) is 59.4 Å². The Morgan fingerprint density at radius 1 is 0.755 bits per heavy atom. The number of oxime groups is 1. The number of ether oxygens (including phenoxy) is 4. The summed E-state index contributed by atoms with van der Waals surface area (Å²) in [7, 11) is 0. The maximum absolute atomic E-state index is 13.9. The van der Waals surface area contributed by atoms with Crippen LogP contribution < -0.4 is 5.32 Å². The van der Waals surface area contributed by atoms with Gasteiger partial charge in [0.2, 0.25) is 11.6 Å². The van der Waals surface area contributed by atoms with Gasteiger partial charge in [0, 0.05) is 42.9 Å². The van der Waals surface area contributed by atoms with Crippen LogP contribution >= 0.6 is 0 Å². The summed E-state index contributed by atoms with van der Waals surface area (Å²) in [5.74, 6) is -2.51. The van der Waals surface area contributed by atoms with Gasteiger partial charge in [-0.25, -0.2) is 33.1 Å². The zero-order valence-electron chi connectivity index (χ0n) is 31.3. The van der Waals surface area contributed by atoms with Crippen LogP contribution in [0, 0.1) is 59.0 Å². The van der Waals surface area contributed by atoms with Crippen molar-refractivity contribution in [1.82, 2.24) is 0 Å². The summed E-state index contributed by atoms with van der Waals surface area (Å²) in [6.45, 7) is 12.6. The predicted molar refractivity (Wildman–Crippen MR) is 182 cm³/mol. The van der Waals surface area contributed by atoms with Crippen molar-refractivity contribution in [1.29, 1.82) is 0 Å². The molecule has 8 aliphatic heterocycles. The Morgan fingerprint density at radius 3 is 1.89 bits per heavy atom.